The number of esters is 1. The number of para-hydroxylation sites is 1. The van der Waals surface area contributed by atoms with E-state index in [-0.39, 0.29) is 11.5 Å². The van der Waals surface area contributed by atoms with E-state index in [1.165, 1.54) is 0 Å². The Morgan fingerprint density at radius 2 is 1.86 bits per heavy atom. The van der Waals surface area contributed by atoms with Crippen LogP contribution in [0.3, 0.4) is 0 Å². The number of rotatable bonds is 5. The van der Waals surface area contributed by atoms with Gasteiger partial charge in [0.05, 0.1) is 11.2 Å². The first-order valence-corrected chi connectivity index (χ1v) is 11.7. The fraction of sp³-hybridized carbons (Fsp3) is 0.214. The summed E-state index contributed by atoms with van der Waals surface area (Å²) in [6.07, 6.45) is 3.06. The Morgan fingerprint density at radius 3 is 2.66 bits per heavy atom. The Bertz CT molecular complexity index is 1450. The second-order valence-corrected chi connectivity index (χ2v) is 8.48. The molecule has 0 bridgehead atoms. The van der Waals surface area contributed by atoms with Crippen molar-refractivity contribution in [3.63, 3.8) is 0 Å². The molecule has 2 aromatic heterocycles. The summed E-state index contributed by atoms with van der Waals surface area (Å²) >= 11 is 0. The van der Waals surface area contributed by atoms with Crippen molar-refractivity contribution in [3.8, 4) is 5.75 Å². The lowest BCUT2D eigenvalue weighted by Gasteiger charge is -2.13. The second-order valence-electron chi connectivity index (χ2n) is 8.48. The average Bonchev–Trinajstić information content (AvgIpc) is 3.24. The standard InChI is InChI=1S/C28H25N3O4/c1-3-18-11-14-20(15-12-18)34-28(33)26-17(2)25-22(9-6-10-24(25)35-26)30-31-27(32)23-16-13-19-7-4-5-8-21(19)29-23/h4-5,7-8,11-16H,3,6,9-10H2,1-2H3,(H,31,32)/b30-22+. The third kappa shape index (κ3) is 4.57. The van der Waals surface area contributed by atoms with Gasteiger partial charge in [0.25, 0.3) is 5.91 Å². The van der Waals surface area contributed by atoms with Crippen LogP contribution in [0.15, 0.2) is 70.2 Å². The van der Waals surface area contributed by atoms with Gasteiger partial charge < -0.3 is 9.15 Å². The summed E-state index contributed by atoms with van der Waals surface area (Å²) in [7, 11) is 0. The topological polar surface area (TPSA) is 93.8 Å². The molecule has 1 aliphatic carbocycles. The Balaban J connectivity index is 1.36. The van der Waals surface area contributed by atoms with Crippen molar-refractivity contribution in [3.05, 3.63) is 94.6 Å². The van der Waals surface area contributed by atoms with Gasteiger partial charge in [-0.2, -0.15) is 5.10 Å². The van der Waals surface area contributed by atoms with Gasteiger partial charge in [0.15, 0.2) is 0 Å². The molecule has 0 saturated carbocycles. The molecule has 0 saturated heterocycles. The number of amides is 1. The van der Waals surface area contributed by atoms with Crippen LogP contribution < -0.4 is 10.2 Å². The molecule has 7 nitrogen and oxygen atoms in total. The number of nitrogens with zero attached hydrogens (tertiary/aromatic N) is 2. The zero-order chi connectivity index (χ0) is 24.4. The van der Waals surface area contributed by atoms with Crippen LogP contribution in [0.25, 0.3) is 10.9 Å². The Labute approximate surface area is 202 Å². The van der Waals surface area contributed by atoms with Gasteiger partial charge in [-0.1, -0.05) is 43.3 Å². The average molecular weight is 468 g/mol. The molecule has 4 aromatic rings. The highest BCUT2D eigenvalue weighted by atomic mass is 16.5. The summed E-state index contributed by atoms with van der Waals surface area (Å²) in [6, 6.07) is 18.6. The number of hydrogen-bond acceptors (Lipinski definition) is 6. The molecular formula is C28H25N3O4. The molecule has 1 N–H and O–H groups in total. The quantitative estimate of drug-likeness (QED) is 0.241. The molecule has 5 rings (SSSR count). The third-order valence-corrected chi connectivity index (χ3v) is 6.18. The predicted molar refractivity (Wildman–Crippen MR) is 133 cm³/mol. The van der Waals surface area contributed by atoms with Gasteiger partial charge in [-0.15, -0.1) is 0 Å². The summed E-state index contributed by atoms with van der Waals surface area (Å²) in [5, 5.41) is 5.34. The van der Waals surface area contributed by atoms with Crippen LogP contribution in [0.1, 0.15) is 63.3 Å². The molecule has 176 valence electrons. The molecule has 1 amide bonds. The number of ether oxygens (including phenoxy) is 1. The zero-order valence-corrected chi connectivity index (χ0v) is 19.6. The molecule has 2 aromatic carbocycles. The highest BCUT2D eigenvalue weighted by molar-refractivity contribution is 6.06. The zero-order valence-electron chi connectivity index (χ0n) is 19.6. The number of carbonyl (C=O) groups is 2. The van der Waals surface area contributed by atoms with Gasteiger partial charge in [0, 0.05) is 22.9 Å². The van der Waals surface area contributed by atoms with Gasteiger partial charge in [-0.3, -0.25) is 4.79 Å². The number of aryl methyl sites for hydroxylation is 2. The molecule has 0 spiro atoms. The van der Waals surface area contributed by atoms with Crippen LogP contribution in [0, 0.1) is 6.92 Å². The van der Waals surface area contributed by atoms with Crippen LogP contribution in [0.4, 0.5) is 0 Å². The summed E-state index contributed by atoms with van der Waals surface area (Å²) in [5.74, 6) is 0.354. The minimum Gasteiger partial charge on any atom is -0.453 e. The normalized spacial score (nSPS) is 14.1. The van der Waals surface area contributed by atoms with Crippen LogP contribution in [0.5, 0.6) is 5.75 Å². The Hall–Kier alpha value is -4.26. The lowest BCUT2D eigenvalue weighted by atomic mass is 9.93. The predicted octanol–water partition coefficient (Wildman–Crippen LogP) is 5.39. The Morgan fingerprint density at radius 1 is 1.06 bits per heavy atom. The first-order valence-electron chi connectivity index (χ1n) is 11.7. The van der Waals surface area contributed by atoms with Crippen molar-refractivity contribution in [2.75, 3.05) is 0 Å². The Kier molecular flexibility index (Phi) is 6.14. The summed E-state index contributed by atoms with van der Waals surface area (Å²) in [5.41, 5.74) is 6.90. The maximum absolute atomic E-state index is 12.8. The molecule has 2 heterocycles. The third-order valence-electron chi connectivity index (χ3n) is 6.18. The molecular weight excluding hydrogens is 442 g/mol. The smallest absolute Gasteiger partial charge is 0.379 e. The van der Waals surface area contributed by atoms with E-state index in [4.69, 9.17) is 9.15 Å². The lowest BCUT2D eigenvalue weighted by molar-refractivity contribution is 0.0698. The second kappa shape index (κ2) is 9.54. The summed E-state index contributed by atoms with van der Waals surface area (Å²) in [6.45, 7) is 3.88. The van der Waals surface area contributed by atoms with E-state index < -0.39 is 11.9 Å². The van der Waals surface area contributed by atoms with Crippen molar-refractivity contribution >= 4 is 28.5 Å². The number of aromatic nitrogens is 1. The van der Waals surface area contributed by atoms with Gasteiger partial charge in [0.2, 0.25) is 5.76 Å². The molecule has 7 heteroatoms. The van der Waals surface area contributed by atoms with Crippen molar-refractivity contribution in [2.24, 2.45) is 5.10 Å². The molecule has 0 radical (unpaired) electrons. The van der Waals surface area contributed by atoms with Gasteiger partial charge in [-0.05, 0) is 56.0 Å². The molecule has 0 aliphatic heterocycles. The highest BCUT2D eigenvalue weighted by Gasteiger charge is 2.29. The van der Waals surface area contributed by atoms with E-state index in [1.807, 2.05) is 49.4 Å². The minimum absolute atomic E-state index is 0.159. The fourth-order valence-corrected chi connectivity index (χ4v) is 4.29. The van der Waals surface area contributed by atoms with E-state index in [9.17, 15) is 9.59 Å². The summed E-state index contributed by atoms with van der Waals surface area (Å²) < 4.78 is 11.4. The number of furan rings is 1. The van der Waals surface area contributed by atoms with Gasteiger partial charge in [-0.25, -0.2) is 15.2 Å². The fourth-order valence-electron chi connectivity index (χ4n) is 4.29. The van der Waals surface area contributed by atoms with Crippen molar-refractivity contribution in [1.82, 2.24) is 10.4 Å². The SMILES string of the molecule is CCc1ccc(OC(=O)c2oc3c(c2C)/C(=N/NC(=O)c2ccc4ccccc4n2)CCC3)cc1. The molecule has 35 heavy (non-hydrogen) atoms. The van der Waals surface area contributed by atoms with Crippen molar-refractivity contribution < 1.29 is 18.7 Å². The maximum Gasteiger partial charge on any atom is 0.379 e. The van der Waals surface area contributed by atoms with E-state index in [0.717, 1.165) is 34.9 Å². The number of hydrogen-bond donors (Lipinski definition) is 1. The van der Waals surface area contributed by atoms with Gasteiger partial charge >= 0.3 is 5.97 Å². The first-order chi connectivity index (χ1) is 17.0. The highest BCUT2D eigenvalue weighted by Crippen LogP contribution is 2.30. The first kappa shape index (κ1) is 22.5. The van der Waals surface area contributed by atoms with Crippen LogP contribution >= 0.6 is 0 Å². The van der Waals surface area contributed by atoms with E-state index >= 15 is 0 Å². The van der Waals surface area contributed by atoms with E-state index in [0.29, 0.717) is 35.6 Å². The number of hydrazone groups is 1. The minimum atomic E-state index is -0.551. The maximum atomic E-state index is 12.8. The summed E-state index contributed by atoms with van der Waals surface area (Å²) in [4.78, 5) is 30.0. The molecule has 0 unspecified atom stereocenters. The molecule has 0 fully saturated rings. The van der Waals surface area contributed by atoms with Crippen LogP contribution in [-0.2, 0) is 12.8 Å². The van der Waals surface area contributed by atoms with Crippen LogP contribution in [0.2, 0.25) is 0 Å². The number of benzene rings is 2. The largest absolute Gasteiger partial charge is 0.453 e. The number of pyridine rings is 1. The van der Waals surface area contributed by atoms with E-state index in [2.05, 4.69) is 22.4 Å². The molecule has 1 aliphatic rings. The van der Waals surface area contributed by atoms with Crippen molar-refractivity contribution in [1.29, 1.82) is 0 Å². The van der Waals surface area contributed by atoms with Crippen molar-refractivity contribution in [2.45, 2.75) is 39.5 Å². The number of carbonyl (C=O) groups excluding carboxylic acids is 2. The van der Waals surface area contributed by atoms with E-state index in [1.54, 1.807) is 18.2 Å². The monoisotopic (exact) mass is 467 g/mol. The molecule has 0 atom stereocenters. The van der Waals surface area contributed by atoms with Gasteiger partial charge in [0.1, 0.15) is 17.2 Å². The number of nitrogens with one attached hydrogen (secondary N) is 1. The lowest BCUT2D eigenvalue weighted by Crippen LogP contribution is -2.23. The number of fused-ring (bicyclic) bond motifs is 2. The van der Waals surface area contributed by atoms with Crippen LogP contribution in [-0.4, -0.2) is 22.6 Å².